The van der Waals surface area contributed by atoms with Crippen LogP contribution in [0.15, 0.2) is 191 Å². The Bertz CT molecular complexity index is 6630. The SMILES string of the molecule is CCc1nc(N2CCC(Oc3ccccc3C)CC2)cc2c1N=CC2.Cc1cc(N2CCC(Oc3ccccc3C)CC2)c2c(n1)CC=N2.Cc1cc(OCC(=O)O)c2sc(N3CCC(Oc4ccccc4C)CC3)nc2n1.Cc1ccccc1OC1CCN(c2nc3nc(COc4ccccc4)[nH]c(=O)c3s2)CC1.Cc1ccccc1OC1CCN(c2nc3ncnc(C)c3s2)CC1.O=C=O. The summed E-state index contributed by atoms with van der Waals surface area (Å²) in [6.07, 6.45) is 19.6. The van der Waals surface area contributed by atoms with Gasteiger partial charge in [0.05, 0.1) is 33.2 Å². The summed E-state index contributed by atoms with van der Waals surface area (Å²) in [6, 6.07) is 56.6. The number of carboxylic acids is 1. The van der Waals surface area contributed by atoms with Crippen molar-refractivity contribution in [3.63, 3.8) is 0 Å². The van der Waals surface area contributed by atoms with E-state index in [-0.39, 0.29) is 43.2 Å². The first kappa shape index (κ1) is 96.3. The monoisotopic (exact) mass is 1900 g/mol. The quantitative estimate of drug-likeness (QED) is 0.0636. The number of rotatable bonds is 22. The van der Waals surface area contributed by atoms with Crippen molar-refractivity contribution in [3.8, 4) is 40.2 Å². The molecule has 137 heavy (non-hydrogen) atoms. The fourth-order valence-corrected chi connectivity index (χ4v) is 20.4. The summed E-state index contributed by atoms with van der Waals surface area (Å²) in [5.74, 6) is 6.75. The van der Waals surface area contributed by atoms with E-state index in [1.807, 2.05) is 117 Å². The highest BCUT2D eigenvalue weighted by atomic mass is 32.1. The Morgan fingerprint density at radius 1 is 0.431 bits per heavy atom. The van der Waals surface area contributed by atoms with E-state index in [1.165, 1.54) is 50.6 Å². The summed E-state index contributed by atoms with van der Waals surface area (Å²) in [6.45, 7) is 27.6. The molecule has 0 aliphatic carbocycles. The summed E-state index contributed by atoms with van der Waals surface area (Å²) in [5, 5.41) is 11.7. The molecule has 0 atom stereocenters. The second-order valence-electron chi connectivity index (χ2n) is 34.8. The van der Waals surface area contributed by atoms with Crippen LogP contribution < -0.4 is 63.2 Å². The van der Waals surface area contributed by atoms with Crippen LogP contribution in [0.2, 0.25) is 0 Å². The first-order valence-electron chi connectivity index (χ1n) is 46.9. The number of nitrogens with one attached hydrogen (secondary N) is 1. The number of aliphatic carboxylic acids is 1. The molecule has 2 N–H and O–H groups in total. The number of nitrogens with zero attached hydrogens (tertiary/aromatic N) is 16. The number of hydrogen-bond acceptors (Lipinski definition) is 30. The van der Waals surface area contributed by atoms with E-state index in [0.29, 0.717) is 39.8 Å². The van der Waals surface area contributed by atoms with Crippen LogP contribution in [0.3, 0.4) is 0 Å². The molecule has 6 aromatic carbocycles. The molecule has 5 fully saturated rings. The van der Waals surface area contributed by atoms with Crippen molar-refractivity contribution in [3.05, 3.63) is 254 Å². The first-order chi connectivity index (χ1) is 66.7. The molecule has 5 saturated heterocycles. The molecule has 0 radical (unpaired) electrons. The van der Waals surface area contributed by atoms with Gasteiger partial charge in [-0.3, -0.25) is 19.8 Å². The Balaban J connectivity index is 0.000000124. The lowest BCUT2D eigenvalue weighted by atomic mass is 10.1. The fraction of sp³-hybridized carbons (Fsp3) is 0.371. The minimum Gasteiger partial charge on any atom is -0.490 e. The Hall–Kier alpha value is -13.8. The smallest absolute Gasteiger partial charge is 0.373 e. The first-order valence-corrected chi connectivity index (χ1v) is 49.4. The van der Waals surface area contributed by atoms with Crippen molar-refractivity contribution in [1.82, 2.24) is 49.8 Å². The molecular weight excluding hydrogens is 1790 g/mol. The third kappa shape index (κ3) is 25.1. The van der Waals surface area contributed by atoms with Gasteiger partial charge in [0.2, 0.25) is 0 Å². The predicted octanol–water partition coefficient (Wildman–Crippen LogP) is 19.6. The minimum absolute atomic E-state index is 0.178. The molecule has 32 heteroatoms. The van der Waals surface area contributed by atoms with Crippen LogP contribution >= 0.6 is 34.0 Å². The molecule has 0 bridgehead atoms. The molecule has 710 valence electrons. The summed E-state index contributed by atoms with van der Waals surface area (Å²) in [5.41, 5.74) is 17.4. The number of hydrogen-bond donors (Lipinski definition) is 2. The lowest BCUT2D eigenvalue weighted by Crippen LogP contribution is -2.38. The van der Waals surface area contributed by atoms with Gasteiger partial charge in [-0.1, -0.05) is 150 Å². The van der Waals surface area contributed by atoms with Gasteiger partial charge in [-0.15, -0.1) is 0 Å². The van der Waals surface area contributed by atoms with E-state index < -0.39 is 5.97 Å². The highest BCUT2D eigenvalue weighted by Crippen LogP contribution is 2.42. The maximum atomic E-state index is 12.6. The van der Waals surface area contributed by atoms with E-state index in [4.69, 9.17) is 52.8 Å². The van der Waals surface area contributed by atoms with Crippen molar-refractivity contribution in [2.45, 2.75) is 183 Å². The Kier molecular flexibility index (Phi) is 32.4. The zero-order valence-electron chi connectivity index (χ0n) is 78.8. The van der Waals surface area contributed by atoms with Gasteiger partial charge in [0, 0.05) is 172 Å². The van der Waals surface area contributed by atoms with Crippen LogP contribution in [0.4, 0.5) is 38.3 Å². The van der Waals surface area contributed by atoms with Crippen LogP contribution in [0.5, 0.6) is 40.2 Å². The van der Waals surface area contributed by atoms with Gasteiger partial charge in [-0.05, 0) is 150 Å². The number of anilines is 5. The normalized spacial score (nSPS) is 15.5. The zero-order chi connectivity index (χ0) is 95.3. The number of benzene rings is 6. The van der Waals surface area contributed by atoms with E-state index in [0.717, 1.165) is 271 Å². The fourth-order valence-electron chi connectivity index (χ4n) is 17.4. The number of ether oxygens (including phenoxy) is 7. The largest absolute Gasteiger partial charge is 0.490 e. The zero-order valence-corrected chi connectivity index (χ0v) is 81.2. The molecule has 14 aromatic rings. The Morgan fingerprint density at radius 2 is 0.839 bits per heavy atom. The number of carbonyl (C=O) groups excluding carboxylic acids is 2. The summed E-state index contributed by atoms with van der Waals surface area (Å²) < 4.78 is 44.6. The van der Waals surface area contributed by atoms with Crippen LogP contribution in [-0.4, -0.2) is 182 Å². The van der Waals surface area contributed by atoms with Crippen molar-refractivity contribution >= 4 is 128 Å². The molecule has 29 nitrogen and oxygen atoms in total. The van der Waals surface area contributed by atoms with Gasteiger partial charge in [0.25, 0.3) is 5.56 Å². The number of piperidine rings is 5. The molecule has 8 aromatic heterocycles. The molecule has 0 spiro atoms. The lowest BCUT2D eigenvalue weighted by molar-refractivity contribution is -0.191. The van der Waals surface area contributed by atoms with Crippen molar-refractivity contribution in [2.75, 3.05) is 96.6 Å². The predicted molar refractivity (Wildman–Crippen MR) is 541 cm³/mol. The van der Waals surface area contributed by atoms with E-state index in [1.54, 1.807) is 23.7 Å². The third-order valence-corrected chi connectivity index (χ3v) is 28.3. The molecule has 0 unspecified atom stereocenters. The second kappa shape index (κ2) is 46.2. The summed E-state index contributed by atoms with van der Waals surface area (Å²) in [7, 11) is 0. The average Bonchev–Trinajstić information content (AvgIpc) is 1.67. The lowest BCUT2D eigenvalue weighted by Gasteiger charge is -2.34. The standard InChI is InChI=1S/C24H24N4O3S.C21H23N3O4S.C21H25N3O.C20H23N3O.C18H20N4OS.CO2/c1-16-7-5-6-10-19(16)31-18-11-13-28(14-12-18)24-27-22-21(32-24)23(29)26-20(25-22)15-30-17-8-3-2-4-9-17;1-13-5-3-4-6-16(13)28-15-7-9-24(10-8-15)21-23-20-19(29-21)17(11-14(2)22-20)27-12-18(25)26;1-3-18-21-16(8-11-22-21)14-20(23-18)24-12-9-17(10-13-24)25-19-7-5-4-6-15(19)2;1-14-5-3-4-6-19(14)24-16-8-11-23(12-9-16)18-13-15(2)22-17-7-10-21-20(17)18;1-12-5-3-4-6-15(12)23-14-7-9-22(10-8-14)18-21-17-16(24-18)13(2)19-11-20-17;2-1-3/h2-10,18H,11-15H2,1H3,(H,25,26,29);3-6,11,15H,7-10,12H2,1-2H3,(H,25,26);4-7,11,14,17H,3,8-10,12-13H2,1-2H3;3-6,10,13,16H,7-9,11-12H2,1-2H3;3-6,11,14H,7-10H2,1-2H3;. The topological polar surface area (TPSA) is 326 Å². The molecule has 0 saturated carbocycles. The maximum Gasteiger partial charge on any atom is 0.373 e. The average molecular weight is 1900 g/mol. The number of pyridine rings is 3. The molecule has 15 heterocycles. The number of aromatic nitrogens is 10. The van der Waals surface area contributed by atoms with Crippen LogP contribution in [-0.2, 0) is 40.3 Å². The van der Waals surface area contributed by atoms with Gasteiger partial charge in [-0.2, -0.15) is 24.5 Å². The Labute approximate surface area is 809 Å². The van der Waals surface area contributed by atoms with Gasteiger partial charge in [0.1, 0.15) is 110 Å². The van der Waals surface area contributed by atoms with Crippen LogP contribution in [0.25, 0.3) is 31.0 Å². The number of thiazole rings is 3. The number of carbonyl (C=O) groups is 1. The highest BCUT2D eigenvalue weighted by Gasteiger charge is 2.32. The summed E-state index contributed by atoms with van der Waals surface area (Å²) in [4.78, 5) is 104. The minimum atomic E-state index is -1.01. The maximum absolute atomic E-state index is 12.6. The van der Waals surface area contributed by atoms with Gasteiger partial charge >= 0.3 is 12.1 Å². The number of aromatic amines is 1. The van der Waals surface area contributed by atoms with Crippen LogP contribution in [0, 0.1) is 55.4 Å². The molecule has 7 aliphatic heterocycles. The highest BCUT2D eigenvalue weighted by molar-refractivity contribution is 7.23. The number of aliphatic imine (C=N–C) groups is 2. The van der Waals surface area contributed by atoms with Gasteiger partial charge < -0.3 is 67.7 Å². The van der Waals surface area contributed by atoms with Crippen LogP contribution in [0.1, 0.15) is 139 Å². The number of carboxylic acid groups (broad SMARTS) is 1. The molecular formula is C105H115N17O12S3. The number of para-hydroxylation sites is 6. The third-order valence-electron chi connectivity index (χ3n) is 24.9. The van der Waals surface area contributed by atoms with Gasteiger partial charge in [-0.25, -0.2) is 29.7 Å². The Morgan fingerprint density at radius 3 is 1.30 bits per heavy atom. The number of aryl methyl sites for hydroxylation is 9. The van der Waals surface area contributed by atoms with Crippen molar-refractivity contribution < 1.29 is 52.6 Å². The molecule has 7 aliphatic rings. The van der Waals surface area contributed by atoms with E-state index in [2.05, 4.69) is 201 Å². The number of H-pyrrole nitrogens is 1. The van der Waals surface area contributed by atoms with Crippen molar-refractivity contribution in [1.29, 1.82) is 0 Å². The molecule has 21 rings (SSSR count). The second-order valence-corrected chi connectivity index (χ2v) is 37.7. The van der Waals surface area contributed by atoms with E-state index >= 15 is 0 Å². The van der Waals surface area contributed by atoms with E-state index in [9.17, 15) is 9.59 Å². The molecule has 0 amide bonds. The summed E-state index contributed by atoms with van der Waals surface area (Å²) >= 11 is 4.57. The van der Waals surface area contributed by atoms with Gasteiger partial charge in [0.15, 0.2) is 38.9 Å². The number of fused-ring (bicyclic) bond motifs is 5. The van der Waals surface area contributed by atoms with Crippen molar-refractivity contribution in [2.24, 2.45) is 9.98 Å².